The molecular formula is C16H21FN2O3. The number of hydrogen-bond acceptors (Lipinski definition) is 3. The molecule has 2 amide bonds. The second kappa shape index (κ2) is 7.89. The summed E-state index contributed by atoms with van der Waals surface area (Å²) >= 11 is 0. The van der Waals surface area contributed by atoms with Crippen LogP contribution in [0.25, 0.3) is 0 Å². The average Bonchev–Trinajstić information content (AvgIpc) is 2.91. The molecule has 6 heteroatoms. The van der Waals surface area contributed by atoms with Crippen molar-refractivity contribution >= 4 is 11.8 Å². The van der Waals surface area contributed by atoms with Crippen molar-refractivity contribution in [2.75, 3.05) is 19.7 Å². The van der Waals surface area contributed by atoms with Crippen LogP contribution in [0.5, 0.6) is 0 Å². The molecule has 1 aliphatic heterocycles. The number of rotatable bonds is 7. The third-order valence-electron chi connectivity index (χ3n) is 3.79. The molecule has 2 rings (SSSR count). The quantitative estimate of drug-likeness (QED) is 0.799. The first-order valence-corrected chi connectivity index (χ1v) is 7.53. The van der Waals surface area contributed by atoms with Gasteiger partial charge in [-0.2, -0.15) is 0 Å². The number of nitrogens with zero attached hydrogens (tertiary/aromatic N) is 1. The number of carbonyl (C=O) groups excluding carboxylic acids is 2. The fourth-order valence-electron chi connectivity index (χ4n) is 2.57. The van der Waals surface area contributed by atoms with Crippen molar-refractivity contribution in [2.45, 2.75) is 31.7 Å². The lowest BCUT2D eigenvalue weighted by Crippen LogP contribution is -2.32. The van der Waals surface area contributed by atoms with E-state index in [2.05, 4.69) is 5.32 Å². The maximum atomic E-state index is 12.9. The lowest BCUT2D eigenvalue weighted by Gasteiger charge is -2.18. The van der Waals surface area contributed by atoms with Crippen molar-refractivity contribution in [3.63, 3.8) is 0 Å². The molecule has 1 aromatic carbocycles. The zero-order valence-corrected chi connectivity index (χ0v) is 12.4. The lowest BCUT2D eigenvalue weighted by molar-refractivity contribution is -0.128. The molecular weight excluding hydrogens is 287 g/mol. The van der Waals surface area contributed by atoms with Gasteiger partial charge in [0.2, 0.25) is 11.8 Å². The molecule has 22 heavy (non-hydrogen) atoms. The number of aliphatic hydroxyl groups excluding tert-OH is 1. The summed E-state index contributed by atoms with van der Waals surface area (Å²) in [5, 5.41) is 12.1. The van der Waals surface area contributed by atoms with E-state index >= 15 is 0 Å². The van der Waals surface area contributed by atoms with Gasteiger partial charge in [0.15, 0.2) is 0 Å². The number of hydrogen-bond donors (Lipinski definition) is 2. The van der Waals surface area contributed by atoms with Gasteiger partial charge in [-0.25, -0.2) is 4.39 Å². The molecule has 5 nitrogen and oxygen atoms in total. The van der Waals surface area contributed by atoms with Crippen molar-refractivity contribution in [1.82, 2.24) is 10.2 Å². The Morgan fingerprint density at radius 2 is 2.09 bits per heavy atom. The molecule has 0 saturated carbocycles. The number of benzene rings is 1. The van der Waals surface area contributed by atoms with E-state index in [-0.39, 0.29) is 24.2 Å². The maximum Gasteiger partial charge on any atom is 0.222 e. The van der Waals surface area contributed by atoms with Gasteiger partial charge >= 0.3 is 0 Å². The standard InChI is InChI=1S/C16H21FN2O3/c17-13-7-5-12(6-8-13)14(11-20)18-15(21)3-1-9-19-10-2-4-16(19)22/h5-8,14,20H,1-4,9-11H2,(H,18,21)/t14-/m0/s1. The third-order valence-corrected chi connectivity index (χ3v) is 3.79. The van der Waals surface area contributed by atoms with Crippen molar-refractivity contribution in [2.24, 2.45) is 0 Å². The van der Waals surface area contributed by atoms with Crippen molar-refractivity contribution in [3.8, 4) is 0 Å². The summed E-state index contributed by atoms with van der Waals surface area (Å²) in [6.45, 7) is 1.11. The molecule has 2 N–H and O–H groups in total. The Hall–Kier alpha value is -1.95. The highest BCUT2D eigenvalue weighted by Gasteiger charge is 2.20. The largest absolute Gasteiger partial charge is 0.394 e. The number of halogens is 1. The summed E-state index contributed by atoms with van der Waals surface area (Å²) in [4.78, 5) is 25.1. The van der Waals surface area contributed by atoms with Crippen LogP contribution in [0, 0.1) is 5.82 Å². The number of likely N-dealkylation sites (tertiary alicyclic amines) is 1. The molecule has 1 saturated heterocycles. The minimum absolute atomic E-state index is 0.153. The van der Waals surface area contributed by atoms with Crippen LogP contribution >= 0.6 is 0 Å². The smallest absolute Gasteiger partial charge is 0.222 e. The van der Waals surface area contributed by atoms with Gasteiger partial charge in [0.05, 0.1) is 12.6 Å². The summed E-state index contributed by atoms with van der Waals surface area (Å²) in [7, 11) is 0. The van der Waals surface area contributed by atoms with Gasteiger partial charge in [-0.15, -0.1) is 0 Å². The SMILES string of the molecule is O=C(CCCN1CCCC1=O)N[C@@H](CO)c1ccc(F)cc1. The highest BCUT2D eigenvalue weighted by atomic mass is 19.1. The van der Waals surface area contributed by atoms with E-state index in [1.54, 1.807) is 17.0 Å². The van der Waals surface area contributed by atoms with E-state index in [0.29, 0.717) is 31.4 Å². The normalized spacial score (nSPS) is 15.9. The minimum Gasteiger partial charge on any atom is -0.394 e. The van der Waals surface area contributed by atoms with E-state index in [4.69, 9.17) is 0 Å². The monoisotopic (exact) mass is 308 g/mol. The first-order chi connectivity index (χ1) is 10.6. The molecule has 1 heterocycles. The van der Waals surface area contributed by atoms with Crippen molar-refractivity contribution in [1.29, 1.82) is 0 Å². The first kappa shape index (κ1) is 16.4. The zero-order chi connectivity index (χ0) is 15.9. The molecule has 120 valence electrons. The van der Waals surface area contributed by atoms with Gasteiger partial charge in [0.1, 0.15) is 5.82 Å². The topological polar surface area (TPSA) is 69.6 Å². The molecule has 1 atom stereocenters. The van der Waals surface area contributed by atoms with E-state index in [9.17, 15) is 19.1 Å². The average molecular weight is 308 g/mol. The highest BCUT2D eigenvalue weighted by Crippen LogP contribution is 2.14. The van der Waals surface area contributed by atoms with Gasteiger partial charge in [-0.1, -0.05) is 12.1 Å². The number of carbonyl (C=O) groups is 2. The van der Waals surface area contributed by atoms with Gasteiger partial charge in [0, 0.05) is 25.9 Å². The Bertz CT molecular complexity index is 519. The van der Waals surface area contributed by atoms with E-state index in [0.717, 1.165) is 13.0 Å². The van der Waals surface area contributed by atoms with Crippen LogP contribution < -0.4 is 5.32 Å². The fourth-order valence-corrected chi connectivity index (χ4v) is 2.57. The third kappa shape index (κ3) is 4.53. The predicted molar refractivity (Wildman–Crippen MR) is 79.4 cm³/mol. The number of aliphatic hydroxyl groups is 1. The Labute approximate surface area is 129 Å². The van der Waals surface area contributed by atoms with Gasteiger partial charge in [-0.05, 0) is 30.5 Å². The summed E-state index contributed by atoms with van der Waals surface area (Å²) in [5.41, 5.74) is 0.659. The summed E-state index contributed by atoms with van der Waals surface area (Å²) < 4.78 is 12.9. The van der Waals surface area contributed by atoms with Crippen LogP contribution in [0.2, 0.25) is 0 Å². The molecule has 0 spiro atoms. The lowest BCUT2D eigenvalue weighted by atomic mass is 10.1. The Morgan fingerprint density at radius 1 is 1.36 bits per heavy atom. The Kier molecular flexibility index (Phi) is 5.89. The Morgan fingerprint density at radius 3 is 2.68 bits per heavy atom. The number of nitrogens with one attached hydrogen (secondary N) is 1. The molecule has 1 fully saturated rings. The molecule has 0 unspecified atom stereocenters. The van der Waals surface area contributed by atoms with Crippen LogP contribution in [0.15, 0.2) is 24.3 Å². The minimum atomic E-state index is -0.540. The second-order valence-corrected chi connectivity index (χ2v) is 5.44. The Balaban J connectivity index is 1.77. The molecule has 0 aromatic heterocycles. The summed E-state index contributed by atoms with van der Waals surface area (Å²) in [5.74, 6) is -0.392. The fraction of sp³-hybridized carbons (Fsp3) is 0.500. The van der Waals surface area contributed by atoms with Crippen LogP contribution in [0.3, 0.4) is 0 Å². The van der Waals surface area contributed by atoms with Gasteiger partial charge in [-0.3, -0.25) is 9.59 Å². The summed E-state index contributed by atoms with van der Waals surface area (Å²) in [6.07, 6.45) is 2.38. The van der Waals surface area contributed by atoms with Gasteiger partial charge < -0.3 is 15.3 Å². The van der Waals surface area contributed by atoms with Crippen molar-refractivity contribution in [3.05, 3.63) is 35.6 Å². The molecule has 1 aromatic rings. The van der Waals surface area contributed by atoms with Gasteiger partial charge in [0.25, 0.3) is 0 Å². The molecule has 0 aliphatic carbocycles. The molecule has 0 radical (unpaired) electrons. The summed E-state index contributed by atoms with van der Waals surface area (Å²) in [6, 6.07) is 5.13. The predicted octanol–water partition coefficient (Wildman–Crippen LogP) is 1.38. The highest BCUT2D eigenvalue weighted by molar-refractivity contribution is 5.78. The first-order valence-electron chi connectivity index (χ1n) is 7.53. The van der Waals surface area contributed by atoms with Crippen LogP contribution in [-0.4, -0.2) is 41.5 Å². The zero-order valence-electron chi connectivity index (χ0n) is 12.4. The van der Waals surface area contributed by atoms with Crippen LogP contribution in [0.1, 0.15) is 37.3 Å². The van der Waals surface area contributed by atoms with E-state index < -0.39 is 6.04 Å². The van der Waals surface area contributed by atoms with Crippen molar-refractivity contribution < 1.29 is 19.1 Å². The van der Waals surface area contributed by atoms with E-state index in [1.807, 2.05) is 0 Å². The number of amides is 2. The van der Waals surface area contributed by atoms with E-state index in [1.165, 1.54) is 12.1 Å². The van der Waals surface area contributed by atoms with Crippen LogP contribution in [-0.2, 0) is 9.59 Å². The molecule has 1 aliphatic rings. The molecule has 0 bridgehead atoms. The van der Waals surface area contributed by atoms with Crippen LogP contribution in [0.4, 0.5) is 4.39 Å². The maximum absolute atomic E-state index is 12.9. The second-order valence-electron chi connectivity index (χ2n) is 5.44.